The van der Waals surface area contributed by atoms with Crippen molar-refractivity contribution in [2.75, 3.05) is 13.2 Å². The van der Waals surface area contributed by atoms with E-state index < -0.39 is 6.10 Å². The van der Waals surface area contributed by atoms with Crippen molar-refractivity contribution >= 4 is 17.9 Å². The zero-order chi connectivity index (χ0) is 40.6. The average molecular weight is 779 g/mol. The summed E-state index contributed by atoms with van der Waals surface area (Å²) in [5, 5.41) is 0. The zero-order valence-electron chi connectivity index (χ0n) is 37.7. The third kappa shape index (κ3) is 41.9. The minimum absolute atomic E-state index is 0.0663. The topological polar surface area (TPSA) is 78.9 Å². The van der Waals surface area contributed by atoms with Gasteiger partial charge in [0.25, 0.3) is 0 Å². The molecule has 6 heteroatoms. The van der Waals surface area contributed by atoms with Gasteiger partial charge in [0.05, 0.1) is 0 Å². The number of esters is 3. The second kappa shape index (κ2) is 40.6. The summed E-state index contributed by atoms with van der Waals surface area (Å²) < 4.78 is 16.7. The van der Waals surface area contributed by atoms with Gasteiger partial charge in [-0.25, -0.2) is 0 Å². The van der Waals surface area contributed by atoms with Crippen molar-refractivity contribution in [3.05, 3.63) is 0 Å². The minimum atomic E-state index is -0.762. The smallest absolute Gasteiger partial charge is 0.306 e. The fourth-order valence-corrected chi connectivity index (χ4v) is 7.20. The molecule has 0 amide bonds. The second-order valence-corrected chi connectivity index (χ2v) is 17.9. The van der Waals surface area contributed by atoms with E-state index in [4.69, 9.17) is 14.2 Å². The lowest BCUT2D eigenvalue weighted by molar-refractivity contribution is -0.167. The molecular weight excluding hydrogens is 685 g/mol. The molecule has 0 rings (SSSR count). The number of carbonyl (C=O) groups excluding carboxylic acids is 3. The Morgan fingerprint density at radius 2 is 0.636 bits per heavy atom. The van der Waals surface area contributed by atoms with Gasteiger partial charge in [0.2, 0.25) is 0 Å². The van der Waals surface area contributed by atoms with Gasteiger partial charge < -0.3 is 14.2 Å². The van der Waals surface area contributed by atoms with Crippen LogP contribution in [0.3, 0.4) is 0 Å². The van der Waals surface area contributed by atoms with E-state index >= 15 is 0 Å². The molecule has 0 aromatic carbocycles. The first kappa shape index (κ1) is 53.4. The Balaban J connectivity index is 4.29. The molecule has 0 spiro atoms. The summed E-state index contributed by atoms with van der Waals surface area (Å²) in [6, 6.07) is 0. The molecule has 326 valence electrons. The SMILES string of the molecule is CCC(C)CCCCCCCCC(=O)O[C@H](COC(=O)CCCCCCCCCCCCCCCC(C)C)COC(=O)CCCCCCCCCCC(C)C. The van der Waals surface area contributed by atoms with Crippen LogP contribution < -0.4 is 0 Å². The number of ether oxygens (including phenoxy) is 3. The molecule has 0 saturated carbocycles. The van der Waals surface area contributed by atoms with Crippen LogP contribution in [-0.2, 0) is 28.6 Å². The van der Waals surface area contributed by atoms with Gasteiger partial charge >= 0.3 is 17.9 Å². The van der Waals surface area contributed by atoms with E-state index in [-0.39, 0.29) is 31.1 Å². The number of rotatable bonds is 42. The summed E-state index contributed by atoms with van der Waals surface area (Å²) in [6.07, 6.45) is 38.1. The summed E-state index contributed by atoms with van der Waals surface area (Å²) in [6.45, 7) is 13.6. The van der Waals surface area contributed by atoms with Gasteiger partial charge in [-0.15, -0.1) is 0 Å². The largest absolute Gasteiger partial charge is 0.462 e. The van der Waals surface area contributed by atoms with Crippen LogP contribution in [-0.4, -0.2) is 37.2 Å². The van der Waals surface area contributed by atoms with Gasteiger partial charge in [0.1, 0.15) is 13.2 Å². The van der Waals surface area contributed by atoms with Crippen molar-refractivity contribution in [3.63, 3.8) is 0 Å². The predicted molar refractivity (Wildman–Crippen MR) is 233 cm³/mol. The van der Waals surface area contributed by atoms with Gasteiger partial charge in [0, 0.05) is 19.3 Å². The van der Waals surface area contributed by atoms with E-state index in [2.05, 4.69) is 41.5 Å². The molecule has 2 atom stereocenters. The number of unbranched alkanes of at least 4 members (excludes halogenated alkanes) is 24. The Hall–Kier alpha value is -1.59. The third-order valence-corrected chi connectivity index (χ3v) is 11.3. The van der Waals surface area contributed by atoms with Crippen molar-refractivity contribution in [2.24, 2.45) is 17.8 Å². The molecule has 0 aliphatic heterocycles. The van der Waals surface area contributed by atoms with Crippen molar-refractivity contribution < 1.29 is 28.6 Å². The van der Waals surface area contributed by atoms with Crippen LogP contribution in [0.5, 0.6) is 0 Å². The maximum Gasteiger partial charge on any atom is 0.306 e. The molecule has 0 bridgehead atoms. The normalized spacial score (nSPS) is 12.7. The summed E-state index contributed by atoms with van der Waals surface area (Å²) in [5.41, 5.74) is 0. The fraction of sp³-hybridized carbons (Fsp3) is 0.939. The minimum Gasteiger partial charge on any atom is -0.462 e. The Morgan fingerprint density at radius 1 is 0.364 bits per heavy atom. The lowest BCUT2D eigenvalue weighted by Crippen LogP contribution is -2.30. The molecule has 0 radical (unpaired) electrons. The van der Waals surface area contributed by atoms with Crippen molar-refractivity contribution in [1.29, 1.82) is 0 Å². The molecule has 55 heavy (non-hydrogen) atoms. The predicted octanol–water partition coefficient (Wildman–Crippen LogP) is 15.2. The molecule has 0 fully saturated rings. The highest BCUT2D eigenvalue weighted by molar-refractivity contribution is 5.71. The summed E-state index contributed by atoms with van der Waals surface area (Å²) in [5.74, 6) is 1.58. The second-order valence-electron chi connectivity index (χ2n) is 17.9. The molecule has 1 unspecified atom stereocenters. The van der Waals surface area contributed by atoms with Crippen LogP contribution in [0.15, 0.2) is 0 Å². The van der Waals surface area contributed by atoms with Crippen molar-refractivity contribution in [3.8, 4) is 0 Å². The quantitative estimate of drug-likeness (QED) is 0.0349. The maximum absolute atomic E-state index is 12.7. The lowest BCUT2D eigenvalue weighted by atomic mass is 10.00. The summed E-state index contributed by atoms with van der Waals surface area (Å²) >= 11 is 0. The van der Waals surface area contributed by atoms with Gasteiger partial charge in [0.15, 0.2) is 6.10 Å². The molecule has 0 aliphatic carbocycles. The highest BCUT2D eigenvalue weighted by Gasteiger charge is 2.19. The van der Waals surface area contributed by atoms with E-state index in [0.717, 1.165) is 75.5 Å². The van der Waals surface area contributed by atoms with E-state index in [0.29, 0.717) is 19.3 Å². The maximum atomic E-state index is 12.7. The lowest BCUT2D eigenvalue weighted by Gasteiger charge is -2.18. The number of carbonyl (C=O) groups is 3. The highest BCUT2D eigenvalue weighted by Crippen LogP contribution is 2.17. The summed E-state index contributed by atoms with van der Waals surface area (Å²) in [7, 11) is 0. The van der Waals surface area contributed by atoms with E-state index in [1.54, 1.807) is 0 Å². The molecule has 0 aliphatic rings. The van der Waals surface area contributed by atoms with Crippen molar-refractivity contribution in [1.82, 2.24) is 0 Å². The molecule has 0 saturated heterocycles. The standard InChI is InChI=1S/C49H94O6/c1-7-45(6)37-31-25-21-22-28-34-40-49(52)55-46(42-54-48(51)39-33-27-20-16-15-18-24-30-36-44(4)5)41-53-47(50)38-32-26-19-14-12-10-8-9-11-13-17-23-29-35-43(2)3/h43-46H,7-42H2,1-6H3/t45?,46-/m1/s1. The summed E-state index contributed by atoms with van der Waals surface area (Å²) in [4.78, 5) is 37.8. The van der Waals surface area contributed by atoms with Gasteiger partial charge in [-0.1, -0.05) is 221 Å². The first-order valence-corrected chi connectivity index (χ1v) is 24.1. The molecule has 0 heterocycles. The molecule has 6 nitrogen and oxygen atoms in total. The van der Waals surface area contributed by atoms with Gasteiger partial charge in [-0.2, -0.15) is 0 Å². The van der Waals surface area contributed by atoms with Crippen molar-refractivity contribution in [2.45, 2.75) is 266 Å². The van der Waals surface area contributed by atoms with Gasteiger partial charge in [-0.3, -0.25) is 14.4 Å². The Labute approximate surface area is 342 Å². The molecular formula is C49H94O6. The molecule has 0 aromatic heterocycles. The number of hydrogen-bond donors (Lipinski definition) is 0. The molecule has 0 aromatic rings. The van der Waals surface area contributed by atoms with Gasteiger partial charge in [-0.05, 0) is 37.0 Å². The Morgan fingerprint density at radius 3 is 0.945 bits per heavy atom. The van der Waals surface area contributed by atoms with Crippen LogP contribution in [0.25, 0.3) is 0 Å². The Bertz CT molecular complexity index is 854. The van der Waals surface area contributed by atoms with Crippen LogP contribution >= 0.6 is 0 Å². The first-order valence-electron chi connectivity index (χ1n) is 24.1. The monoisotopic (exact) mass is 779 g/mol. The van der Waals surface area contributed by atoms with E-state index in [9.17, 15) is 14.4 Å². The Kier molecular flexibility index (Phi) is 39.4. The van der Waals surface area contributed by atoms with Crippen LogP contribution in [0, 0.1) is 17.8 Å². The van der Waals surface area contributed by atoms with Crippen LogP contribution in [0.2, 0.25) is 0 Å². The molecule has 0 N–H and O–H groups in total. The first-order chi connectivity index (χ1) is 26.6. The zero-order valence-corrected chi connectivity index (χ0v) is 37.7. The van der Waals surface area contributed by atoms with Crippen LogP contribution in [0.1, 0.15) is 260 Å². The van der Waals surface area contributed by atoms with E-state index in [1.807, 2.05) is 0 Å². The average Bonchev–Trinajstić information content (AvgIpc) is 3.15. The van der Waals surface area contributed by atoms with Crippen LogP contribution in [0.4, 0.5) is 0 Å². The third-order valence-electron chi connectivity index (χ3n) is 11.3. The highest BCUT2D eigenvalue weighted by atomic mass is 16.6. The van der Waals surface area contributed by atoms with E-state index in [1.165, 1.54) is 141 Å². The number of hydrogen-bond acceptors (Lipinski definition) is 6. The fourth-order valence-electron chi connectivity index (χ4n) is 7.20.